The van der Waals surface area contributed by atoms with Crippen molar-refractivity contribution >= 4 is 23.9 Å². The molecule has 0 fully saturated rings. The van der Waals surface area contributed by atoms with E-state index in [1.54, 1.807) is 0 Å². The first-order valence-corrected chi connectivity index (χ1v) is 15.4. The molecular weight excluding hydrogens is 668 g/mol. The SMILES string of the molecule is C=C(C)C(=O)OCC(O)COCC(OCC(O)COC(=O)C(=C)C)C(O)C(COCC(O)COC(=O)C(=C)C)OCC(O)COC(=O)C(=C)C. The first-order chi connectivity index (χ1) is 23.3. The minimum Gasteiger partial charge on any atom is -0.460 e. The monoisotopic (exact) mass is 720 g/mol. The van der Waals surface area contributed by atoms with Gasteiger partial charge in [-0.3, -0.25) is 0 Å². The highest BCUT2D eigenvalue weighted by Crippen LogP contribution is 2.13. The molecule has 0 bridgehead atoms. The predicted octanol–water partition coefficient (Wildman–Crippen LogP) is -0.928. The summed E-state index contributed by atoms with van der Waals surface area (Å²) >= 11 is 0. The molecule has 0 aliphatic carbocycles. The number of ether oxygens (including phenoxy) is 8. The topological polar surface area (TPSA) is 243 Å². The third-order valence-corrected chi connectivity index (χ3v) is 5.97. The van der Waals surface area contributed by atoms with Crippen LogP contribution in [0.1, 0.15) is 27.7 Å². The van der Waals surface area contributed by atoms with E-state index in [9.17, 15) is 44.7 Å². The second kappa shape index (κ2) is 25.4. The summed E-state index contributed by atoms with van der Waals surface area (Å²) in [6, 6.07) is 0. The van der Waals surface area contributed by atoms with Crippen LogP contribution in [0.5, 0.6) is 0 Å². The Balaban J connectivity index is 5.74. The number of aliphatic hydroxyl groups is 5. The average molecular weight is 721 g/mol. The molecule has 0 aromatic rings. The van der Waals surface area contributed by atoms with Gasteiger partial charge in [0.05, 0.1) is 39.6 Å². The highest BCUT2D eigenvalue weighted by atomic mass is 16.6. The number of carbonyl (C=O) groups is 4. The van der Waals surface area contributed by atoms with E-state index >= 15 is 0 Å². The number of aliphatic hydroxyl groups excluding tert-OH is 5. The maximum atomic E-state index is 11.7. The van der Waals surface area contributed by atoms with Gasteiger partial charge in [0.1, 0.15) is 69.2 Å². The molecule has 0 saturated carbocycles. The Kier molecular flexibility index (Phi) is 23.6. The second-order valence-corrected chi connectivity index (χ2v) is 11.4. The summed E-state index contributed by atoms with van der Waals surface area (Å²) in [4.78, 5) is 46.6. The number of rotatable bonds is 28. The van der Waals surface area contributed by atoms with Crippen molar-refractivity contribution in [2.75, 3.05) is 66.1 Å². The molecule has 286 valence electrons. The van der Waals surface area contributed by atoms with Gasteiger partial charge in [-0.2, -0.15) is 0 Å². The van der Waals surface area contributed by atoms with Crippen LogP contribution in [0.15, 0.2) is 48.6 Å². The maximum Gasteiger partial charge on any atom is 0.333 e. The summed E-state index contributed by atoms with van der Waals surface area (Å²) < 4.78 is 41.9. The molecule has 0 aliphatic heterocycles. The Bertz CT molecular complexity index is 1050. The van der Waals surface area contributed by atoms with Gasteiger partial charge in [0, 0.05) is 22.3 Å². The van der Waals surface area contributed by atoms with Crippen LogP contribution in [0.2, 0.25) is 0 Å². The van der Waals surface area contributed by atoms with Gasteiger partial charge in [-0.25, -0.2) is 19.2 Å². The van der Waals surface area contributed by atoms with E-state index in [1.165, 1.54) is 27.7 Å². The van der Waals surface area contributed by atoms with Crippen molar-refractivity contribution in [3.8, 4) is 0 Å². The minimum atomic E-state index is -1.65. The highest BCUT2D eigenvalue weighted by molar-refractivity contribution is 5.88. The summed E-state index contributed by atoms with van der Waals surface area (Å²) in [7, 11) is 0. The lowest BCUT2D eigenvalue weighted by atomic mass is 10.1. The summed E-state index contributed by atoms with van der Waals surface area (Å²) in [6.07, 6.45) is -9.61. The van der Waals surface area contributed by atoms with E-state index in [0.29, 0.717) is 0 Å². The molecule has 5 N–H and O–H groups in total. The molecule has 0 aromatic heterocycles. The van der Waals surface area contributed by atoms with Crippen molar-refractivity contribution in [1.29, 1.82) is 0 Å². The summed E-state index contributed by atoms with van der Waals surface area (Å²) in [5, 5.41) is 52.3. The Labute approximate surface area is 291 Å². The van der Waals surface area contributed by atoms with Crippen molar-refractivity contribution in [1.82, 2.24) is 0 Å². The van der Waals surface area contributed by atoms with Gasteiger partial charge < -0.3 is 63.4 Å². The van der Waals surface area contributed by atoms with Crippen molar-refractivity contribution in [2.45, 2.75) is 70.4 Å². The van der Waals surface area contributed by atoms with Crippen LogP contribution in [-0.4, -0.2) is 158 Å². The average Bonchev–Trinajstić information content (AvgIpc) is 3.05. The van der Waals surface area contributed by atoms with Crippen LogP contribution in [-0.2, 0) is 57.1 Å². The van der Waals surface area contributed by atoms with Crippen molar-refractivity contribution in [2.24, 2.45) is 0 Å². The minimum absolute atomic E-state index is 0.1000. The molecule has 0 aromatic carbocycles. The third kappa shape index (κ3) is 21.5. The number of hydrogen-bond donors (Lipinski definition) is 5. The Hall–Kier alpha value is -3.52. The van der Waals surface area contributed by atoms with Crippen LogP contribution in [0, 0.1) is 0 Å². The molecule has 0 radical (unpaired) electrons. The van der Waals surface area contributed by atoms with E-state index in [2.05, 4.69) is 26.3 Å². The zero-order chi connectivity index (χ0) is 38.4. The molecule has 6 atom stereocenters. The number of esters is 4. The van der Waals surface area contributed by atoms with E-state index < -0.39 is 133 Å². The van der Waals surface area contributed by atoms with Gasteiger partial charge in [0.15, 0.2) is 0 Å². The third-order valence-electron chi connectivity index (χ3n) is 5.97. The fourth-order valence-electron chi connectivity index (χ4n) is 3.21. The molecule has 0 saturated heterocycles. The van der Waals surface area contributed by atoms with E-state index in [4.69, 9.17) is 37.9 Å². The highest BCUT2D eigenvalue weighted by Gasteiger charge is 2.32. The molecule has 50 heavy (non-hydrogen) atoms. The first-order valence-electron chi connectivity index (χ1n) is 15.4. The smallest absolute Gasteiger partial charge is 0.333 e. The van der Waals surface area contributed by atoms with Gasteiger partial charge in [-0.05, 0) is 27.7 Å². The zero-order valence-electron chi connectivity index (χ0n) is 29.1. The number of carbonyl (C=O) groups excluding carboxylic acids is 4. The lowest BCUT2D eigenvalue weighted by Gasteiger charge is -2.31. The van der Waals surface area contributed by atoms with Crippen LogP contribution in [0.25, 0.3) is 0 Å². The predicted molar refractivity (Wildman–Crippen MR) is 174 cm³/mol. The van der Waals surface area contributed by atoms with E-state index in [-0.39, 0.29) is 22.3 Å². The molecule has 0 rings (SSSR count). The molecular formula is C33H52O17. The summed E-state index contributed by atoms with van der Waals surface area (Å²) in [5.74, 6) is -2.95. The molecule has 0 aliphatic rings. The molecule has 0 heterocycles. The van der Waals surface area contributed by atoms with Crippen molar-refractivity contribution in [3.63, 3.8) is 0 Å². The summed E-state index contributed by atoms with van der Waals surface area (Å²) in [5.41, 5.74) is 0.441. The van der Waals surface area contributed by atoms with Gasteiger partial charge in [0.25, 0.3) is 0 Å². The summed E-state index contributed by atoms with van der Waals surface area (Å²) in [6.45, 7) is 15.0. The number of hydrogen-bond acceptors (Lipinski definition) is 17. The van der Waals surface area contributed by atoms with Crippen molar-refractivity contribution in [3.05, 3.63) is 48.6 Å². The molecule has 0 amide bonds. The molecule has 17 heteroatoms. The van der Waals surface area contributed by atoms with Gasteiger partial charge in [-0.15, -0.1) is 0 Å². The Morgan fingerprint density at radius 2 is 0.660 bits per heavy atom. The Morgan fingerprint density at radius 1 is 0.420 bits per heavy atom. The Morgan fingerprint density at radius 3 is 0.900 bits per heavy atom. The standard InChI is InChI=1S/C33H52O17/c1-19(2)30(39)47-13-23(34)9-43-17-27(45-11-25(36)15-49-32(41)21(5)6)29(38)28(46-12-26(37)16-50-33(42)22(7)8)18-44-10-24(35)14-48-31(40)20(3)4/h23-29,34-38H,1,3,5,7,9-18H2,2,4,6,8H3. The quantitative estimate of drug-likeness (QED) is 0.0372. The van der Waals surface area contributed by atoms with E-state index in [0.717, 1.165) is 0 Å². The fraction of sp³-hybridized carbons (Fsp3) is 0.636. The van der Waals surface area contributed by atoms with Crippen LogP contribution < -0.4 is 0 Å². The second-order valence-electron chi connectivity index (χ2n) is 11.4. The van der Waals surface area contributed by atoms with Crippen molar-refractivity contribution < 1.29 is 82.6 Å². The lowest BCUT2D eigenvalue weighted by Crippen LogP contribution is -2.48. The maximum absolute atomic E-state index is 11.7. The van der Waals surface area contributed by atoms with Crippen LogP contribution in [0.4, 0.5) is 0 Å². The fourth-order valence-corrected chi connectivity index (χ4v) is 3.21. The first kappa shape index (κ1) is 46.5. The molecule has 0 spiro atoms. The molecule has 6 unspecified atom stereocenters. The largest absolute Gasteiger partial charge is 0.460 e. The molecule has 17 nitrogen and oxygen atoms in total. The lowest BCUT2D eigenvalue weighted by molar-refractivity contribution is -0.174. The van der Waals surface area contributed by atoms with Gasteiger partial charge in [0.2, 0.25) is 0 Å². The van der Waals surface area contributed by atoms with Crippen LogP contribution >= 0.6 is 0 Å². The zero-order valence-corrected chi connectivity index (χ0v) is 29.1. The van der Waals surface area contributed by atoms with Gasteiger partial charge >= 0.3 is 23.9 Å². The van der Waals surface area contributed by atoms with Gasteiger partial charge in [-0.1, -0.05) is 26.3 Å². The van der Waals surface area contributed by atoms with Crippen LogP contribution in [0.3, 0.4) is 0 Å². The van der Waals surface area contributed by atoms with E-state index in [1.807, 2.05) is 0 Å². The normalized spacial score (nSPS) is 15.3.